The van der Waals surface area contributed by atoms with Gasteiger partial charge in [0.1, 0.15) is 37.6 Å². The van der Waals surface area contributed by atoms with Crippen LogP contribution in [0.5, 0.6) is 0 Å². The molecule has 26 nitrogen and oxygen atoms in total. The molecule has 0 amide bonds. The monoisotopic (exact) mass is 1520 g/mol. The van der Waals surface area contributed by atoms with E-state index in [9.17, 15) is 43.2 Å². The maximum Gasteiger partial charge on any atom is 0.338 e. The summed E-state index contributed by atoms with van der Waals surface area (Å²) in [6.45, 7) is 1.90. The lowest BCUT2D eigenvalue weighted by molar-refractivity contribution is -0.363. The van der Waals surface area contributed by atoms with Crippen molar-refractivity contribution >= 4 is 59.7 Å². The van der Waals surface area contributed by atoms with Gasteiger partial charge in [-0.3, -0.25) is 4.79 Å². The van der Waals surface area contributed by atoms with Gasteiger partial charge in [0.05, 0.1) is 63.3 Å². The topological polar surface area (TPSA) is 318 Å². The fourth-order valence-electron chi connectivity index (χ4n) is 12.3. The molecule has 9 aromatic carbocycles. The Kier molecular flexibility index (Phi) is 27.1. The first-order valence-corrected chi connectivity index (χ1v) is 35.5. The van der Waals surface area contributed by atoms with Gasteiger partial charge in [0.15, 0.2) is 67.7 Å². The van der Waals surface area contributed by atoms with Crippen molar-refractivity contribution in [2.24, 2.45) is 0 Å². The van der Waals surface area contributed by atoms with Crippen LogP contribution in [0.25, 0.3) is 0 Å². The van der Waals surface area contributed by atoms with Crippen molar-refractivity contribution in [2.45, 2.75) is 99.0 Å². The Morgan fingerprint density at radius 3 is 0.777 bits per heavy atom. The molecule has 0 aliphatic carbocycles. The minimum atomic E-state index is -2.23. The second-order valence-corrected chi connectivity index (χ2v) is 25.3. The van der Waals surface area contributed by atoms with Crippen molar-refractivity contribution in [3.8, 4) is 0 Å². The highest BCUT2D eigenvalue weighted by Gasteiger charge is 2.60. The predicted octanol–water partition coefficient (Wildman–Crippen LogP) is 11.0. The van der Waals surface area contributed by atoms with E-state index in [2.05, 4.69) is 6.58 Å². The van der Waals surface area contributed by atoms with Gasteiger partial charge in [0.2, 0.25) is 0 Å². The summed E-state index contributed by atoms with van der Waals surface area (Å²) in [5, 5.41) is 0. The zero-order valence-electron chi connectivity index (χ0n) is 59.9. The SMILES string of the molecule is C=CCO[C@H]1OC(CO[C@H]2OC(COC(=O)c3ccccc3)[C@@H](OC(=O)c3ccccc3)C(OC(=O)c3ccccc3)C2OC(=O)c2ccccc2)[C@@H](OC(=O)c2ccccc2)C(O[C@H]2O[C@@H](COC(=O)c3ccccc3)[C@@H](OC(=O)c3ccccc3)C(OC(=O)c3ccccc3)C2OC(=O)c2ccccc2)C1OC(C)=O. The van der Waals surface area contributed by atoms with E-state index in [4.69, 9.17) is 75.8 Å². The molecule has 3 aliphatic rings. The van der Waals surface area contributed by atoms with Crippen LogP contribution in [-0.4, -0.2) is 178 Å². The quantitative estimate of drug-likeness (QED) is 0.0239. The van der Waals surface area contributed by atoms with Crippen LogP contribution >= 0.6 is 0 Å². The van der Waals surface area contributed by atoms with E-state index in [1.807, 2.05) is 0 Å². The molecule has 0 aromatic heterocycles. The molecule has 3 fully saturated rings. The Morgan fingerprint density at radius 1 is 0.268 bits per heavy atom. The summed E-state index contributed by atoms with van der Waals surface area (Å²) in [7, 11) is 0. The number of benzene rings is 9. The van der Waals surface area contributed by atoms with Gasteiger partial charge in [-0.2, -0.15) is 0 Å². The first-order chi connectivity index (χ1) is 54.6. The van der Waals surface area contributed by atoms with Crippen LogP contribution in [0.15, 0.2) is 286 Å². The van der Waals surface area contributed by atoms with Crippen LogP contribution in [0.2, 0.25) is 0 Å². The van der Waals surface area contributed by atoms with Crippen LogP contribution in [0.1, 0.15) is 100 Å². The zero-order chi connectivity index (χ0) is 78.3. The predicted molar refractivity (Wildman–Crippen MR) is 391 cm³/mol. The molecule has 0 N–H and O–H groups in total. The molecule has 3 aliphatic heterocycles. The van der Waals surface area contributed by atoms with Gasteiger partial charge < -0.3 is 75.8 Å². The normalized spacial score (nSPS) is 23.1. The highest BCUT2D eigenvalue weighted by atomic mass is 16.8. The third-order valence-electron chi connectivity index (χ3n) is 17.7. The molecule has 112 heavy (non-hydrogen) atoms. The van der Waals surface area contributed by atoms with E-state index in [1.165, 1.54) is 140 Å². The summed E-state index contributed by atoms with van der Waals surface area (Å²) < 4.78 is 103. The molecule has 15 atom stereocenters. The van der Waals surface area contributed by atoms with Gasteiger partial charge in [-0.15, -0.1) is 6.58 Å². The minimum absolute atomic E-state index is 0.00538. The molecule has 0 radical (unpaired) electrons. The number of rotatable bonds is 29. The molecule has 8 unspecified atom stereocenters. The van der Waals surface area contributed by atoms with Crippen LogP contribution in [0.4, 0.5) is 0 Å². The number of hydrogen-bond acceptors (Lipinski definition) is 26. The first-order valence-electron chi connectivity index (χ1n) is 35.5. The number of hydrogen-bond donors (Lipinski definition) is 0. The molecule has 0 bridgehead atoms. The van der Waals surface area contributed by atoms with Crippen LogP contribution in [-0.2, 0) is 80.6 Å². The summed E-state index contributed by atoms with van der Waals surface area (Å²) in [5.41, 5.74) is -0.139. The van der Waals surface area contributed by atoms with Crippen molar-refractivity contribution in [3.63, 3.8) is 0 Å². The average Bonchev–Trinajstić information content (AvgIpc) is 0.762. The van der Waals surface area contributed by atoms with Gasteiger partial charge in [0.25, 0.3) is 0 Å². The van der Waals surface area contributed by atoms with Crippen molar-refractivity contribution in [1.29, 1.82) is 0 Å². The van der Waals surface area contributed by atoms with Crippen molar-refractivity contribution in [3.05, 3.63) is 336 Å². The highest BCUT2D eigenvalue weighted by Crippen LogP contribution is 2.39. The Bertz CT molecular complexity index is 4660. The van der Waals surface area contributed by atoms with E-state index in [-0.39, 0.29) is 56.7 Å². The number of ether oxygens (including phenoxy) is 16. The molecule has 3 heterocycles. The molecular weight excluding hydrogens is 1450 g/mol. The van der Waals surface area contributed by atoms with E-state index >= 15 is 4.79 Å². The van der Waals surface area contributed by atoms with Gasteiger partial charge in [-0.1, -0.05) is 170 Å². The zero-order valence-corrected chi connectivity index (χ0v) is 59.9. The number of esters is 10. The maximum absolute atomic E-state index is 15.1. The molecule has 0 saturated carbocycles. The Labute approximate surface area is 641 Å². The first kappa shape index (κ1) is 78.8. The number of carbonyl (C=O) groups excluding carboxylic acids is 10. The lowest BCUT2D eigenvalue weighted by Gasteiger charge is -2.49. The van der Waals surface area contributed by atoms with Gasteiger partial charge in [-0.25, -0.2) is 43.2 Å². The summed E-state index contributed by atoms with van der Waals surface area (Å²) in [5.74, 6) is -10.2. The fraction of sp³-hybridized carbons (Fsp3) is 0.233. The van der Waals surface area contributed by atoms with Crippen LogP contribution in [0, 0.1) is 0 Å². The molecule has 0 spiro atoms. The van der Waals surface area contributed by atoms with E-state index in [1.54, 1.807) is 140 Å². The Morgan fingerprint density at radius 2 is 0.491 bits per heavy atom. The third kappa shape index (κ3) is 20.3. The fourth-order valence-corrected chi connectivity index (χ4v) is 12.3. The second-order valence-electron chi connectivity index (χ2n) is 25.3. The molecule has 12 rings (SSSR count). The standard InChI is InChI=1S/C86H74O26/c1-3-49-97-84-72(101-53(2)87)71(112-86-74(111-83(96)62-47-29-12-30-48-62)70(109-81(94)60-43-25-10-26-44-60)67(106-78(91)57-37-19-7-20-38-57)64(104-86)51-99-76(89)55-33-15-5-16-34-55)68(107-79(92)58-39-21-8-22-40-58)65(102-84)52-100-85-73(110-82(95)61-45-27-11-28-46-61)69(108-80(93)59-41-23-9-24-42-59)66(105-77(90)56-35-17-6-18-36-56)63(103-85)50-98-75(88)54-31-13-4-14-32-54/h3-48,63-74,84-86H,1,49-52H2,2H3/t63?,64-,65?,66+,67+,68+,69?,70?,71?,72?,73?,74?,84-,85-,86+/m0/s1. The lowest BCUT2D eigenvalue weighted by atomic mass is 9.95. The molecular formula is C86H74O26. The maximum atomic E-state index is 15.1. The van der Waals surface area contributed by atoms with Crippen molar-refractivity contribution < 1.29 is 124 Å². The van der Waals surface area contributed by atoms with Crippen LogP contribution in [0.3, 0.4) is 0 Å². The summed E-state index contributed by atoms with van der Waals surface area (Å²) >= 11 is 0. The smallest absolute Gasteiger partial charge is 0.338 e. The lowest BCUT2D eigenvalue weighted by Crippen LogP contribution is -2.68. The molecule has 3 saturated heterocycles. The van der Waals surface area contributed by atoms with Crippen molar-refractivity contribution in [1.82, 2.24) is 0 Å². The van der Waals surface area contributed by atoms with Gasteiger partial charge in [-0.05, 0) is 109 Å². The van der Waals surface area contributed by atoms with Gasteiger partial charge in [0, 0.05) is 6.92 Å². The molecule has 9 aromatic rings. The Balaban J connectivity index is 1.00. The number of carbonyl (C=O) groups is 10. The van der Waals surface area contributed by atoms with E-state index in [0.29, 0.717) is 0 Å². The third-order valence-corrected chi connectivity index (χ3v) is 17.7. The van der Waals surface area contributed by atoms with Gasteiger partial charge >= 0.3 is 59.7 Å². The minimum Gasteiger partial charge on any atom is -0.459 e. The summed E-state index contributed by atoms with van der Waals surface area (Å²) in [4.78, 5) is 145. The largest absolute Gasteiger partial charge is 0.459 e. The Hall–Kier alpha value is -12.8. The van der Waals surface area contributed by atoms with E-state index < -0.39 is 172 Å². The average molecular weight is 1520 g/mol. The van der Waals surface area contributed by atoms with Crippen LogP contribution < -0.4 is 0 Å². The van der Waals surface area contributed by atoms with Crippen molar-refractivity contribution in [2.75, 3.05) is 26.4 Å². The highest BCUT2D eigenvalue weighted by molar-refractivity contribution is 5.94. The van der Waals surface area contributed by atoms with E-state index in [0.717, 1.165) is 6.92 Å². The summed E-state index contributed by atoms with van der Waals surface area (Å²) in [6, 6.07) is 68.6. The second kappa shape index (κ2) is 38.5. The summed E-state index contributed by atoms with van der Waals surface area (Å²) in [6.07, 6.45) is -28.1. The molecule has 26 heteroatoms. The molecule has 574 valence electrons.